The smallest absolute Gasteiger partial charge is 0.274 e. The van der Waals surface area contributed by atoms with Crippen molar-refractivity contribution in [1.29, 1.82) is 0 Å². The maximum atomic E-state index is 13.0. The second-order valence-electron chi connectivity index (χ2n) is 6.98. The van der Waals surface area contributed by atoms with Crippen molar-refractivity contribution in [1.82, 2.24) is 19.8 Å². The van der Waals surface area contributed by atoms with E-state index in [0.717, 1.165) is 25.9 Å². The summed E-state index contributed by atoms with van der Waals surface area (Å²) in [6.07, 6.45) is 6.07. The third kappa shape index (κ3) is 3.22. The molecular weight excluding hydrogens is 312 g/mol. The monoisotopic (exact) mass is 336 g/mol. The van der Waals surface area contributed by atoms with Crippen LogP contribution in [0, 0.1) is 0 Å². The molecule has 0 aliphatic carbocycles. The van der Waals surface area contributed by atoms with E-state index in [1.165, 1.54) is 12.8 Å². The van der Waals surface area contributed by atoms with Crippen molar-refractivity contribution in [3.63, 3.8) is 0 Å². The summed E-state index contributed by atoms with van der Waals surface area (Å²) >= 11 is 6.23. The van der Waals surface area contributed by atoms with E-state index in [1.54, 1.807) is 6.20 Å². The molecule has 2 aliphatic rings. The Morgan fingerprint density at radius 3 is 2.61 bits per heavy atom. The minimum atomic E-state index is -0.0397. The van der Waals surface area contributed by atoms with Gasteiger partial charge in [0, 0.05) is 24.5 Å². The molecule has 126 valence electrons. The van der Waals surface area contributed by atoms with E-state index in [0.29, 0.717) is 22.6 Å². The summed E-state index contributed by atoms with van der Waals surface area (Å²) in [4.78, 5) is 26.1. The molecule has 2 atom stereocenters. The van der Waals surface area contributed by atoms with Gasteiger partial charge in [-0.15, -0.1) is 0 Å². The van der Waals surface area contributed by atoms with Gasteiger partial charge in [0.15, 0.2) is 5.69 Å². The van der Waals surface area contributed by atoms with Gasteiger partial charge in [0.05, 0.1) is 11.2 Å². The molecule has 5 nitrogen and oxygen atoms in total. The standard InChI is InChI=1S/C17H25ClN4O/c1-11(2)16-19-10-12(18)15(20-16)17(23)22-9-5-7-14(22)13-6-4-8-21(13)3/h10-11,13-14H,4-9H2,1-3H3/t13-,14+/m0/s1. The highest BCUT2D eigenvalue weighted by molar-refractivity contribution is 6.33. The number of likely N-dealkylation sites (tertiary alicyclic amines) is 2. The summed E-state index contributed by atoms with van der Waals surface area (Å²) in [5.74, 6) is 0.808. The molecule has 6 heteroatoms. The van der Waals surface area contributed by atoms with Crippen LogP contribution < -0.4 is 0 Å². The summed E-state index contributed by atoms with van der Waals surface area (Å²) in [6, 6.07) is 0.746. The highest BCUT2D eigenvalue weighted by Gasteiger charge is 2.39. The number of carbonyl (C=O) groups is 1. The molecule has 0 aromatic carbocycles. The lowest BCUT2D eigenvalue weighted by Gasteiger charge is -2.33. The van der Waals surface area contributed by atoms with Gasteiger partial charge in [0.25, 0.3) is 5.91 Å². The molecule has 23 heavy (non-hydrogen) atoms. The van der Waals surface area contributed by atoms with Gasteiger partial charge in [-0.25, -0.2) is 9.97 Å². The molecule has 2 aliphatic heterocycles. The topological polar surface area (TPSA) is 49.3 Å². The molecule has 1 aromatic rings. The molecule has 0 unspecified atom stereocenters. The maximum Gasteiger partial charge on any atom is 0.274 e. The fraction of sp³-hybridized carbons (Fsp3) is 0.706. The predicted octanol–water partition coefficient (Wildman–Crippen LogP) is 2.95. The molecule has 3 rings (SSSR count). The van der Waals surface area contributed by atoms with Gasteiger partial charge in [0.2, 0.25) is 0 Å². The zero-order chi connectivity index (χ0) is 16.6. The van der Waals surface area contributed by atoms with E-state index in [9.17, 15) is 4.79 Å². The number of halogens is 1. The first-order chi connectivity index (χ1) is 11.0. The molecular formula is C17H25ClN4O. The minimum absolute atomic E-state index is 0.0397. The Kier molecular flexibility index (Phi) is 4.87. The van der Waals surface area contributed by atoms with E-state index < -0.39 is 0 Å². The molecule has 2 fully saturated rings. The van der Waals surface area contributed by atoms with Crippen molar-refractivity contribution < 1.29 is 4.79 Å². The number of amides is 1. The highest BCUT2D eigenvalue weighted by atomic mass is 35.5. The zero-order valence-electron chi connectivity index (χ0n) is 14.1. The Morgan fingerprint density at radius 1 is 1.26 bits per heavy atom. The molecule has 2 saturated heterocycles. The number of aromatic nitrogens is 2. The minimum Gasteiger partial charge on any atom is -0.333 e. The van der Waals surface area contributed by atoms with Crippen LogP contribution >= 0.6 is 11.6 Å². The van der Waals surface area contributed by atoms with Crippen LogP contribution in [0.5, 0.6) is 0 Å². The summed E-state index contributed by atoms with van der Waals surface area (Å²) < 4.78 is 0. The van der Waals surface area contributed by atoms with Crippen molar-refractivity contribution in [2.24, 2.45) is 0 Å². The van der Waals surface area contributed by atoms with E-state index in [1.807, 2.05) is 18.7 Å². The van der Waals surface area contributed by atoms with Gasteiger partial charge < -0.3 is 9.80 Å². The SMILES string of the molecule is CC(C)c1ncc(Cl)c(C(=O)N2CCC[C@@H]2[C@@H]2CCCN2C)n1. The van der Waals surface area contributed by atoms with Crippen molar-refractivity contribution in [3.8, 4) is 0 Å². The van der Waals surface area contributed by atoms with Crippen LogP contribution in [-0.2, 0) is 0 Å². The lowest BCUT2D eigenvalue weighted by atomic mass is 10.0. The van der Waals surface area contributed by atoms with Crippen molar-refractivity contribution in [2.45, 2.75) is 57.5 Å². The zero-order valence-corrected chi connectivity index (χ0v) is 14.9. The molecule has 0 radical (unpaired) electrons. The van der Waals surface area contributed by atoms with Gasteiger partial charge in [-0.3, -0.25) is 4.79 Å². The molecule has 0 bridgehead atoms. The lowest BCUT2D eigenvalue weighted by molar-refractivity contribution is 0.0658. The fourth-order valence-electron chi connectivity index (χ4n) is 3.81. The van der Waals surface area contributed by atoms with Gasteiger partial charge in [0.1, 0.15) is 5.82 Å². The van der Waals surface area contributed by atoms with Gasteiger partial charge >= 0.3 is 0 Å². The number of hydrogen-bond acceptors (Lipinski definition) is 4. The van der Waals surface area contributed by atoms with Crippen molar-refractivity contribution in [3.05, 3.63) is 22.7 Å². The summed E-state index contributed by atoms with van der Waals surface area (Å²) in [5, 5.41) is 0.352. The number of carbonyl (C=O) groups excluding carboxylic acids is 1. The molecule has 1 amide bonds. The van der Waals surface area contributed by atoms with E-state index in [4.69, 9.17) is 11.6 Å². The van der Waals surface area contributed by atoms with Crippen LogP contribution in [0.4, 0.5) is 0 Å². The number of likely N-dealkylation sites (N-methyl/N-ethyl adjacent to an activating group) is 1. The third-order valence-electron chi connectivity index (χ3n) is 5.06. The molecule has 0 N–H and O–H groups in total. The van der Waals surface area contributed by atoms with E-state index in [2.05, 4.69) is 21.9 Å². The highest BCUT2D eigenvalue weighted by Crippen LogP contribution is 2.31. The number of nitrogens with zero attached hydrogens (tertiary/aromatic N) is 4. The Hall–Kier alpha value is -1.20. The van der Waals surface area contributed by atoms with Crippen LogP contribution in [0.2, 0.25) is 5.02 Å². The normalized spacial score (nSPS) is 25.5. The first-order valence-electron chi connectivity index (χ1n) is 8.52. The maximum absolute atomic E-state index is 13.0. The molecule has 3 heterocycles. The van der Waals surface area contributed by atoms with Crippen molar-refractivity contribution in [2.75, 3.05) is 20.1 Å². The van der Waals surface area contributed by atoms with Crippen LogP contribution in [0.3, 0.4) is 0 Å². The van der Waals surface area contributed by atoms with Crippen LogP contribution in [0.25, 0.3) is 0 Å². The summed E-state index contributed by atoms with van der Waals surface area (Å²) in [5.41, 5.74) is 0.359. The van der Waals surface area contributed by atoms with Crippen molar-refractivity contribution >= 4 is 17.5 Å². The lowest BCUT2D eigenvalue weighted by Crippen LogP contribution is -2.47. The van der Waals surface area contributed by atoms with E-state index in [-0.39, 0.29) is 17.9 Å². The van der Waals surface area contributed by atoms with Gasteiger partial charge in [-0.2, -0.15) is 0 Å². The average Bonchev–Trinajstić information content (AvgIpc) is 3.14. The van der Waals surface area contributed by atoms with Crippen LogP contribution in [0.1, 0.15) is 61.8 Å². The van der Waals surface area contributed by atoms with E-state index >= 15 is 0 Å². The quantitative estimate of drug-likeness (QED) is 0.851. The first-order valence-corrected chi connectivity index (χ1v) is 8.90. The largest absolute Gasteiger partial charge is 0.333 e. The van der Waals surface area contributed by atoms with Gasteiger partial charge in [-0.05, 0) is 39.3 Å². The summed E-state index contributed by atoms with van der Waals surface area (Å²) in [6.45, 7) is 5.95. The van der Waals surface area contributed by atoms with Crippen LogP contribution in [0.15, 0.2) is 6.20 Å². The van der Waals surface area contributed by atoms with Gasteiger partial charge in [-0.1, -0.05) is 25.4 Å². The van der Waals surface area contributed by atoms with Crippen LogP contribution in [-0.4, -0.2) is 57.9 Å². The Bertz CT molecular complexity index is 592. The molecule has 0 saturated carbocycles. The Labute approximate surface area is 143 Å². The predicted molar refractivity (Wildman–Crippen MR) is 90.8 cm³/mol. The number of hydrogen-bond donors (Lipinski definition) is 0. The number of rotatable bonds is 3. The second kappa shape index (κ2) is 6.73. The summed E-state index contributed by atoms with van der Waals surface area (Å²) in [7, 11) is 2.16. The molecule has 1 aromatic heterocycles. The molecule has 0 spiro atoms. The Balaban J connectivity index is 1.85. The first kappa shape index (κ1) is 16.7. The average molecular weight is 337 g/mol. The Morgan fingerprint density at radius 2 is 1.96 bits per heavy atom. The third-order valence-corrected chi connectivity index (χ3v) is 5.34. The second-order valence-corrected chi connectivity index (χ2v) is 7.38. The fourth-order valence-corrected chi connectivity index (χ4v) is 3.98.